The molecule has 0 saturated carbocycles. The summed E-state index contributed by atoms with van der Waals surface area (Å²) in [5.41, 5.74) is 0.350. The average molecular weight is 178 g/mol. The first-order valence-electron chi connectivity index (χ1n) is 3.86. The number of ether oxygens (including phenoxy) is 1. The maximum absolute atomic E-state index is 8.63. The standard InChI is InChI=1S/C8H10N4O/c1-3-7(13-2)12-8-6(4-9)10-5-11-8/h5H,3H2,1-2H3,(H,10,11). The molecule has 1 aromatic heterocycles. The van der Waals surface area contributed by atoms with Crippen molar-refractivity contribution in [3.8, 4) is 6.07 Å². The fourth-order valence-electron chi connectivity index (χ4n) is 0.841. The summed E-state index contributed by atoms with van der Waals surface area (Å²) >= 11 is 0. The zero-order valence-corrected chi connectivity index (χ0v) is 7.53. The summed E-state index contributed by atoms with van der Waals surface area (Å²) in [6.07, 6.45) is 2.11. The molecule has 68 valence electrons. The number of methoxy groups -OCH3 is 1. The molecule has 13 heavy (non-hydrogen) atoms. The van der Waals surface area contributed by atoms with Crippen molar-refractivity contribution >= 4 is 11.7 Å². The fraction of sp³-hybridized carbons (Fsp3) is 0.375. The molecule has 0 radical (unpaired) electrons. The van der Waals surface area contributed by atoms with Gasteiger partial charge in [-0.05, 0) is 0 Å². The van der Waals surface area contributed by atoms with Crippen molar-refractivity contribution in [1.82, 2.24) is 9.97 Å². The van der Waals surface area contributed by atoms with Gasteiger partial charge in [-0.1, -0.05) is 6.92 Å². The Labute approximate surface area is 76.1 Å². The molecule has 0 saturated heterocycles. The second-order valence-electron chi connectivity index (χ2n) is 2.28. The molecule has 0 aromatic carbocycles. The van der Waals surface area contributed by atoms with E-state index in [9.17, 15) is 0 Å². The summed E-state index contributed by atoms with van der Waals surface area (Å²) in [6.45, 7) is 1.92. The van der Waals surface area contributed by atoms with Crippen LogP contribution in [0.5, 0.6) is 0 Å². The molecule has 0 aliphatic heterocycles. The van der Waals surface area contributed by atoms with Gasteiger partial charge in [0.1, 0.15) is 6.07 Å². The number of hydrogen-bond donors (Lipinski definition) is 1. The summed E-state index contributed by atoms with van der Waals surface area (Å²) in [4.78, 5) is 10.6. The molecule has 0 aliphatic rings. The van der Waals surface area contributed by atoms with Crippen molar-refractivity contribution in [2.75, 3.05) is 7.11 Å². The number of nitrogens with zero attached hydrogens (tertiary/aromatic N) is 3. The van der Waals surface area contributed by atoms with E-state index in [2.05, 4.69) is 15.0 Å². The highest BCUT2D eigenvalue weighted by Crippen LogP contribution is 2.12. The molecule has 0 fully saturated rings. The Morgan fingerprint density at radius 2 is 2.62 bits per heavy atom. The van der Waals surface area contributed by atoms with E-state index in [0.717, 1.165) is 0 Å². The Morgan fingerprint density at radius 3 is 3.15 bits per heavy atom. The molecule has 0 amide bonds. The lowest BCUT2D eigenvalue weighted by atomic mass is 10.4. The summed E-state index contributed by atoms with van der Waals surface area (Å²) in [7, 11) is 1.54. The van der Waals surface area contributed by atoms with Crippen LogP contribution >= 0.6 is 0 Å². The molecule has 1 N–H and O–H groups in total. The van der Waals surface area contributed by atoms with Crippen LogP contribution in [0.2, 0.25) is 0 Å². The van der Waals surface area contributed by atoms with Gasteiger partial charge in [-0.15, -0.1) is 0 Å². The number of imidazole rings is 1. The van der Waals surface area contributed by atoms with E-state index in [1.165, 1.54) is 6.33 Å². The van der Waals surface area contributed by atoms with E-state index >= 15 is 0 Å². The number of aromatic amines is 1. The molecular weight excluding hydrogens is 168 g/mol. The molecule has 0 atom stereocenters. The molecule has 1 aromatic rings. The van der Waals surface area contributed by atoms with E-state index in [0.29, 0.717) is 23.8 Å². The van der Waals surface area contributed by atoms with Crippen LogP contribution in [0.4, 0.5) is 5.82 Å². The van der Waals surface area contributed by atoms with Gasteiger partial charge in [0.2, 0.25) is 0 Å². The Kier molecular flexibility index (Phi) is 3.03. The highest BCUT2D eigenvalue weighted by Gasteiger charge is 2.04. The zero-order valence-electron chi connectivity index (χ0n) is 7.53. The first kappa shape index (κ1) is 9.26. The summed E-state index contributed by atoms with van der Waals surface area (Å²) in [6, 6.07) is 1.95. The third-order valence-electron chi connectivity index (χ3n) is 1.50. The van der Waals surface area contributed by atoms with Crippen molar-refractivity contribution in [2.45, 2.75) is 13.3 Å². The molecule has 1 rings (SSSR count). The van der Waals surface area contributed by atoms with Crippen molar-refractivity contribution in [1.29, 1.82) is 5.26 Å². The lowest BCUT2D eigenvalue weighted by molar-refractivity contribution is 0.392. The van der Waals surface area contributed by atoms with Crippen LogP contribution in [0.25, 0.3) is 0 Å². The predicted octanol–water partition coefficient (Wildman–Crippen LogP) is 1.37. The second kappa shape index (κ2) is 4.26. The number of hydrogen-bond acceptors (Lipinski definition) is 4. The minimum atomic E-state index is 0.350. The number of rotatable bonds is 2. The van der Waals surface area contributed by atoms with Crippen LogP contribution in [0.15, 0.2) is 11.3 Å². The number of H-pyrrole nitrogens is 1. The average Bonchev–Trinajstić information content (AvgIpc) is 2.61. The van der Waals surface area contributed by atoms with E-state index in [-0.39, 0.29) is 0 Å². The van der Waals surface area contributed by atoms with Gasteiger partial charge >= 0.3 is 0 Å². The van der Waals surface area contributed by atoms with Crippen LogP contribution in [0, 0.1) is 11.3 Å². The Balaban J connectivity index is 2.96. The summed E-state index contributed by atoms with van der Waals surface area (Å²) in [5, 5.41) is 8.63. The lowest BCUT2D eigenvalue weighted by Crippen LogP contribution is -1.97. The highest BCUT2D eigenvalue weighted by atomic mass is 16.5. The van der Waals surface area contributed by atoms with Gasteiger partial charge in [-0.25, -0.2) is 4.98 Å². The predicted molar refractivity (Wildman–Crippen MR) is 47.7 cm³/mol. The smallest absolute Gasteiger partial charge is 0.191 e. The molecule has 5 nitrogen and oxygen atoms in total. The molecular formula is C8H10N4O. The summed E-state index contributed by atoms with van der Waals surface area (Å²) < 4.78 is 4.96. The Bertz CT molecular complexity index is 341. The number of nitriles is 1. The fourth-order valence-corrected chi connectivity index (χ4v) is 0.841. The molecule has 5 heteroatoms. The van der Waals surface area contributed by atoms with Gasteiger partial charge in [0.15, 0.2) is 17.4 Å². The van der Waals surface area contributed by atoms with Crippen LogP contribution in [0.3, 0.4) is 0 Å². The van der Waals surface area contributed by atoms with E-state index < -0.39 is 0 Å². The Morgan fingerprint density at radius 1 is 1.85 bits per heavy atom. The minimum Gasteiger partial charge on any atom is -0.484 e. The maximum Gasteiger partial charge on any atom is 0.191 e. The molecule has 0 unspecified atom stereocenters. The quantitative estimate of drug-likeness (QED) is 0.549. The largest absolute Gasteiger partial charge is 0.484 e. The third kappa shape index (κ3) is 2.06. The van der Waals surface area contributed by atoms with E-state index in [4.69, 9.17) is 10.00 Å². The molecule has 0 spiro atoms. The first-order chi connectivity index (χ1) is 6.31. The van der Waals surface area contributed by atoms with Gasteiger partial charge in [0.25, 0.3) is 0 Å². The van der Waals surface area contributed by atoms with Gasteiger partial charge in [-0.2, -0.15) is 10.3 Å². The monoisotopic (exact) mass is 178 g/mol. The molecule has 1 heterocycles. The topological polar surface area (TPSA) is 74.1 Å². The first-order valence-corrected chi connectivity index (χ1v) is 3.86. The zero-order chi connectivity index (χ0) is 9.68. The highest BCUT2D eigenvalue weighted by molar-refractivity contribution is 5.78. The number of nitrogens with one attached hydrogen (secondary N) is 1. The van der Waals surface area contributed by atoms with Crippen LogP contribution in [-0.4, -0.2) is 23.0 Å². The van der Waals surface area contributed by atoms with Gasteiger partial charge in [0, 0.05) is 6.42 Å². The van der Waals surface area contributed by atoms with Crippen LogP contribution in [-0.2, 0) is 4.74 Å². The lowest BCUT2D eigenvalue weighted by Gasteiger charge is -1.98. The molecule has 0 aliphatic carbocycles. The van der Waals surface area contributed by atoms with Crippen molar-refractivity contribution in [3.05, 3.63) is 12.0 Å². The second-order valence-corrected chi connectivity index (χ2v) is 2.28. The van der Waals surface area contributed by atoms with Gasteiger partial charge in [-0.3, -0.25) is 0 Å². The maximum atomic E-state index is 8.63. The van der Waals surface area contributed by atoms with Crippen molar-refractivity contribution < 1.29 is 4.74 Å². The van der Waals surface area contributed by atoms with E-state index in [1.54, 1.807) is 7.11 Å². The normalized spacial score (nSPS) is 11.0. The third-order valence-corrected chi connectivity index (χ3v) is 1.50. The van der Waals surface area contributed by atoms with E-state index in [1.807, 2.05) is 13.0 Å². The van der Waals surface area contributed by atoms with Gasteiger partial charge < -0.3 is 9.72 Å². The number of aliphatic imine (C=N–C) groups is 1. The Hall–Kier alpha value is -1.83. The SMILES string of the molecule is CCC(=Nc1nc[nH]c1C#N)OC. The van der Waals surface area contributed by atoms with Crippen LogP contribution < -0.4 is 0 Å². The summed E-state index contributed by atoms with van der Waals surface area (Å²) in [5.74, 6) is 0.935. The number of aromatic nitrogens is 2. The minimum absolute atomic E-state index is 0.350. The van der Waals surface area contributed by atoms with Crippen molar-refractivity contribution in [3.63, 3.8) is 0 Å². The van der Waals surface area contributed by atoms with Crippen LogP contribution in [0.1, 0.15) is 19.0 Å². The van der Waals surface area contributed by atoms with Gasteiger partial charge in [0.05, 0.1) is 13.4 Å². The molecule has 0 bridgehead atoms. The van der Waals surface area contributed by atoms with Crippen molar-refractivity contribution in [2.24, 2.45) is 4.99 Å².